The predicted molar refractivity (Wildman–Crippen MR) is 245 cm³/mol. The molecule has 0 saturated carbocycles. The summed E-state index contributed by atoms with van der Waals surface area (Å²) in [6.07, 6.45) is -10.6. The fourth-order valence-corrected chi connectivity index (χ4v) is 9.27. The fraction of sp³-hybridized carbons (Fsp3) is 0.0364. The molecule has 0 fully saturated rings. The van der Waals surface area contributed by atoms with Crippen LogP contribution in [0.3, 0.4) is 0 Å². The summed E-state index contributed by atoms with van der Waals surface area (Å²) in [6, 6.07) is 48.7. The van der Waals surface area contributed by atoms with Gasteiger partial charge in [-0.05, 0) is 101 Å². The summed E-state index contributed by atoms with van der Waals surface area (Å²) in [7, 11) is 0. The van der Waals surface area contributed by atoms with Crippen molar-refractivity contribution in [1.29, 1.82) is 26.3 Å². The maximum absolute atomic E-state index is 15.2. The molecule has 0 saturated heterocycles. The summed E-state index contributed by atoms with van der Waals surface area (Å²) in [4.78, 5) is 0. The molecule has 8 aromatic carbocycles. The van der Waals surface area contributed by atoms with Crippen LogP contribution in [0.15, 0.2) is 152 Å². The van der Waals surface area contributed by atoms with E-state index in [4.69, 9.17) is 0 Å². The van der Waals surface area contributed by atoms with Crippen molar-refractivity contribution in [2.45, 2.75) is 12.4 Å². The highest BCUT2D eigenvalue weighted by molar-refractivity contribution is 6.13. The number of halogens is 6. The highest BCUT2D eigenvalue weighted by Crippen LogP contribution is 2.49. The van der Waals surface area contributed by atoms with E-state index in [1.807, 2.05) is 36.4 Å². The van der Waals surface area contributed by atoms with Crippen molar-refractivity contribution in [1.82, 2.24) is 9.13 Å². The quantitative estimate of drug-likeness (QED) is 0.159. The summed E-state index contributed by atoms with van der Waals surface area (Å²) in [6.45, 7) is 0. The number of rotatable bonds is 5. The zero-order valence-corrected chi connectivity index (χ0v) is 34.8. The lowest BCUT2D eigenvalue weighted by atomic mass is 9.90. The number of alkyl halides is 6. The normalized spacial score (nSPS) is 11.6. The second-order valence-electron chi connectivity index (χ2n) is 15.9. The van der Waals surface area contributed by atoms with E-state index in [-0.39, 0.29) is 39.2 Å². The van der Waals surface area contributed by atoms with Gasteiger partial charge in [0.25, 0.3) is 0 Å². The van der Waals surface area contributed by atoms with Crippen LogP contribution in [-0.2, 0) is 12.4 Å². The Morgan fingerprint density at radius 2 is 0.794 bits per heavy atom. The minimum Gasteiger partial charge on any atom is -0.308 e. The highest BCUT2D eigenvalue weighted by Gasteiger charge is 2.42. The van der Waals surface area contributed by atoms with Gasteiger partial charge < -0.3 is 9.13 Å². The van der Waals surface area contributed by atoms with Gasteiger partial charge in [-0.3, -0.25) is 0 Å². The van der Waals surface area contributed by atoms with Crippen LogP contribution in [0.5, 0.6) is 0 Å². The van der Waals surface area contributed by atoms with Gasteiger partial charge in [-0.1, -0.05) is 72.8 Å². The first-order chi connectivity index (χ1) is 32.8. The number of aromatic nitrogens is 2. The average Bonchev–Trinajstić information content (AvgIpc) is 3.86. The molecule has 0 aliphatic rings. The van der Waals surface area contributed by atoms with Crippen molar-refractivity contribution < 1.29 is 26.3 Å². The summed E-state index contributed by atoms with van der Waals surface area (Å²) in [5.74, 6) is 0. The molecule has 0 N–H and O–H groups in total. The molecule has 10 aromatic rings. The Morgan fingerprint density at radius 1 is 0.368 bits per heavy atom. The van der Waals surface area contributed by atoms with Crippen molar-refractivity contribution >= 4 is 43.6 Å². The highest BCUT2D eigenvalue weighted by atomic mass is 19.4. The SMILES string of the molecule is N#Cc1cc(C#N)cc(-c2ccc3c4ccccc4n(-c4ccc(-c5c(C(F)(F)F)cccc5C(F)(F)F)c(-n5c6ccccc6c6ccc(-c7cc(C#N)cc(C#N)c7)cc65)c4C#N)c3c2)c1. The van der Waals surface area contributed by atoms with E-state index in [9.17, 15) is 26.3 Å². The Kier molecular flexibility index (Phi) is 9.85. The van der Waals surface area contributed by atoms with E-state index in [1.54, 1.807) is 89.5 Å². The number of nitrogens with zero attached hydrogens (tertiary/aromatic N) is 7. The van der Waals surface area contributed by atoms with Gasteiger partial charge in [-0.2, -0.15) is 52.7 Å². The molecule has 2 heterocycles. The Hall–Kier alpha value is -9.61. The number of benzene rings is 8. The number of nitriles is 5. The third-order valence-corrected chi connectivity index (χ3v) is 12.1. The lowest BCUT2D eigenvalue weighted by Gasteiger charge is -2.24. The summed E-state index contributed by atoms with van der Waals surface area (Å²) in [5, 5.41) is 53.3. The van der Waals surface area contributed by atoms with Gasteiger partial charge in [-0.25, -0.2) is 0 Å². The van der Waals surface area contributed by atoms with Crippen LogP contribution in [0.4, 0.5) is 26.3 Å². The lowest BCUT2D eigenvalue weighted by molar-refractivity contribution is -0.142. The first kappa shape index (κ1) is 42.3. The number of hydrogen-bond acceptors (Lipinski definition) is 5. The molecule has 0 unspecified atom stereocenters. The molecule has 0 amide bonds. The molecule has 0 atom stereocenters. The molecule has 68 heavy (non-hydrogen) atoms. The van der Waals surface area contributed by atoms with Gasteiger partial charge in [-0.15, -0.1) is 0 Å². The zero-order valence-electron chi connectivity index (χ0n) is 34.8. The van der Waals surface area contributed by atoms with Crippen LogP contribution in [0.25, 0.3) is 88.4 Å². The van der Waals surface area contributed by atoms with E-state index in [0.29, 0.717) is 84.1 Å². The van der Waals surface area contributed by atoms with Gasteiger partial charge in [0.1, 0.15) is 11.6 Å². The molecular formula is C55H25F6N7. The molecule has 322 valence electrons. The minimum atomic E-state index is -5.28. The molecule has 0 spiro atoms. The Bertz CT molecular complexity index is 3930. The van der Waals surface area contributed by atoms with Crippen molar-refractivity contribution in [3.63, 3.8) is 0 Å². The summed E-state index contributed by atoms with van der Waals surface area (Å²) in [5.41, 5.74) is -0.703. The molecule has 0 aliphatic heterocycles. The van der Waals surface area contributed by atoms with E-state index in [2.05, 4.69) is 18.2 Å². The average molecular weight is 898 g/mol. The van der Waals surface area contributed by atoms with Crippen molar-refractivity contribution in [3.8, 4) is 75.1 Å². The van der Waals surface area contributed by atoms with Crippen molar-refractivity contribution in [2.24, 2.45) is 0 Å². The third kappa shape index (κ3) is 6.81. The van der Waals surface area contributed by atoms with Crippen LogP contribution in [0.2, 0.25) is 0 Å². The monoisotopic (exact) mass is 897 g/mol. The molecular weight excluding hydrogens is 873 g/mol. The molecule has 0 radical (unpaired) electrons. The number of fused-ring (bicyclic) bond motifs is 6. The van der Waals surface area contributed by atoms with Crippen molar-refractivity contribution in [2.75, 3.05) is 0 Å². The summed E-state index contributed by atoms with van der Waals surface area (Å²) >= 11 is 0. The molecule has 7 nitrogen and oxygen atoms in total. The maximum Gasteiger partial charge on any atom is 0.417 e. The van der Waals surface area contributed by atoms with Gasteiger partial charge in [0, 0.05) is 32.7 Å². The molecule has 10 rings (SSSR count). The Morgan fingerprint density at radius 3 is 1.24 bits per heavy atom. The first-order valence-corrected chi connectivity index (χ1v) is 20.6. The largest absolute Gasteiger partial charge is 0.417 e. The second kappa shape index (κ2) is 15.8. The fourth-order valence-electron chi connectivity index (χ4n) is 9.27. The van der Waals surface area contributed by atoms with E-state index in [0.717, 1.165) is 0 Å². The standard InChI is InChI=1S/C55H25F6N7/c56-54(57,58)45-8-5-9-46(55(59,60)61)52(45)43-16-17-49(67-47-10-3-1-6-39(47)41-14-12-35(24-50(41)67)37-20-31(26-62)18-32(21-37)27-63)44(30-66)53(43)68-48-11-4-2-7-40(48)42-15-13-36(25-51(42)68)38-22-33(28-64)19-34(23-38)29-65/h1-25H. The number of hydrogen-bond donors (Lipinski definition) is 0. The van der Waals surface area contributed by atoms with Crippen molar-refractivity contribution in [3.05, 3.63) is 191 Å². The van der Waals surface area contributed by atoms with E-state index >= 15 is 26.3 Å². The van der Waals surface area contributed by atoms with Crippen LogP contribution in [0.1, 0.15) is 38.9 Å². The Balaban J connectivity index is 1.39. The predicted octanol–water partition coefficient (Wildman–Crippen LogP) is 14.3. The van der Waals surface area contributed by atoms with Crippen LogP contribution in [-0.4, -0.2) is 9.13 Å². The minimum absolute atomic E-state index is 0.124. The van der Waals surface area contributed by atoms with Crippen LogP contribution >= 0.6 is 0 Å². The third-order valence-electron chi connectivity index (χ3n) is 12.1. The smallest absolute Gasteiger partial charge is 0.308 e. The number of para-hydroxylation sites is 2. The molecule has 0 bridgehead atoms. The zero-order chi connectivity index (χ0) is 47.6. The van der Waals surface area contributed by atoms with Gasteiger partial charge in [0.05, 0.1) is 91.1 Å². The lowest BCUT2D eigenvalue weighted by Crippen LogP contribution is -2.16. The topological polar surface area (TPSA) is 129 Å². The molecule has 2 aromatic heterocycles. The van der Waals surface area contributed by atoms with E-state index in [1.165, 1.54) is 28.8 Å². The van der Waals surface area contributed by atoms with Crippen LogP contribution < -0.4 is 0 Å². The Labute approximate surface area is 382 Å². The van der Waals surface area contributed by atoms with E-state index < -0.39 is 34.6 Å². The van der Waals surface area contributed by atoms with Gasteiger partial charge in [0.2, 0.25) is 0 Å². The van der Waals surface area contributed by atoms with Gasteiger partial charge in [0.15, 0.2) is 0 Å². The van der Waals surface area contributed by atoms with Gasteiger partial charge >= 0.3 is 12.4 Å². The maximum atomic E-state index is 15.2. The second-order valence-corrected chi connectivity index (χ2v) is 15.9. The summed E-state index contributed by atoms with van der Waals surface area (Å²) < 4.78 is 94.6. The van der Waals surface area contributed by atoms with Crippen LogP contribution in [0, 0.1) is 56.7 Å². The first-order valence-electron chi connectivity index (χ1n) is 20.6. The molecule has 0 aliphatic carbocycles. The molecule has 13 heteroatoms.